The molecule has 0 aromatic heterocycles. The molecule has 1 heterocycles. The second-order valence-electron chi connectivity index (χ2n) is 7.80. The summed E-state index contributed by atoms with van der Waals surface area (Å²) in [5, 5.41) is 2.82. The van der Waals surface area contributed by atoms with Gasteiger partial charge in [0.15, 0.2) is 0 Å². The Morgan fingerprint density at radius 3 is 2.38 bits per heavy atom. The Morgan fingerprint density at radius 2 is 1.72 bits per heavy atom. The SMILES string of the molecule is CC1Cc2cc(C(=O)Nc3ccc(CC(N)=O)cc3)ccc2N1S(=O)(=O)c1ccccc1. The van der Waals surface area contributed by atoms with Gasteiger partial charge in [-0.1, -0.05) is 30.3 Å². The van der Waals surface area contributed by atoms with E-state index in [2.05, 4.69) is 5.32 Å². The molecule has 4 rings (SSSR count). The maximum atomic E-state index is 13.2. The van der Waals surface area contributed by atoms with Gasteiger partial charge in [0.25, 0.3) is 15.9 Å². The summed E-state index contributed by atoms with van der Waals surface area (Å²) in [5.41, 5.74) is 8.39. The minimum absolute atomic E-state index is 0.139. The van der Waals surface area contributed by atoms with Crippen LogP contribution in [0.2, 0.25) is 0 Å². The number of carbonyl (C=O) groups excluding carboxylic acids is 2. The number of rotatable bonds is 6. The van der Waals surface area contributed by atoms with Crippen LogP contribution >= 0.6 is 0 Å². The molecule has 1 aliphatic heterocycles. The lowest BCUT2D eigenvalue weighted by atomic mass is 10.1. The molecule has 3 aromatic carbocycles. The van der Waals surface area contributed by atoms with Crippen molar-refractivity contribution in [1.29, 1.82) is 0 Å². The number of sulfonamides is 1. The van der Waals surface area contributed by atoms with Crippen molar-refractivity contribution in [1.82, 2.24) is 0 Å². The van der Waals surface area contributed by atoms with Gasteiger partial charge in [0.05, 0.1) is 17.0 Å². The van der Waals surface area contributed by atoms with Gasteiger partial charge in [-0.3, -0.25) is 13.9 Å². The molecule has 1 aliphatic rings. The van der Waals surface area contributed by atoms with E-state index in [0.29, 0.717) is 23.4 Å². The van der Waals surface area contributed by atoms with Crippen LogP contribution in [0.15, 0.2) is 77.7 Å². The number of nitrogens with zero attached hydrogens (tertiary/aromatic N) is 1. The van der Waals surface area contributed by atoms with Gasteiger partial charge < -0.3 is 11.1 Å². The number of primary amides is 1. The topological polar surface area (TPSA) is 110 Å². The Labute approximate surface area is 186 Å². The van der Waals surface area contributed by atoms with E-state index >= 15 is 0 Å². The molecule has 0 fully saturated rings. The zero-order valence-electron chi connectivity index (χ0n) is 17.5. The number of hydrogen-bond acceptors (Lipinski definition) is 4. The number of nitrogens with one attached hydrogen (secondary N) is 1. The molecule has 0 saturated carbocycles. The van der Waals surface area contributed by atoms with Crippen LogP contribution in [-0.2, 0) is 27.7 Å². The van der Waals surface area contributed by atoms with Crippen molar-refractivity contribution >= 4 is 33.2 Å². The lowest BCUT2D eigenvalue weighted by molar-refractivity contribution is -0.117. The first-order valence-electron chi connectivity index (χ1n) is 10.2. The Balaban J connectivity index is 1.55. The maximum Gasteiger partial charge on any atom is 0.264 e. The van der Waals surface area contributed by atoms with E-state index in [1.807, 2.05) is 6.92 Å². The van der Waals surface area contributed by atoms with Gasteiger partial charge in [-0.25, -0.2) is 8.42 Å². The summed E-state index contributed by atoms with van der Waals surface area (Å²) < 4.78 is 27.8. The summed E-state index contributed by atoms with van der Waals surface area (Å²) in [5.74, 6) is -0.718. The highest BCUT2D eigenvalue weighted by Gasteiger charge is 2.36. The average molecular weight is 450 g/mol. The fourth-order valence-corrected chi connectivity index (χ4v) is 5.64. The summed E-state index contributed by atoms with van der Waals surface area (Å²) in [6.45, 7) is 1.86. The summed E-state index contributed by atoms with van der Waals surface area (Å²) in [7, 11) is -3.70. The standard InChI is InChI=1S/C24H23N3O4S/c1-16-13-19-15-18(24(29)26-20-10-7-17(8-11-20)14-23(25)28)9-12-22(19)27(16)32(30,31)21-5-3-2-4-6-21/h2-12,15-16H,13-14H2,1H3,(H2,25,28)(H,26,29). The molecule has 0 saturated heterocycles. The third-order valence-electron chi connectivity index (χ3n) is 5.38. The number of amides is 2. The van der Waals surface area contributed by atoms with Gasteiger partial charge in [-0.15, -0.1) is 0 Å². The second kappa shape index (κ2) is 8.47. The normalized spacial score (nSPS) is 15.3. The lowest BCUT2D eigenvalue weighted by Gasteiger charge is -2.24. The van der Waals surface area contributed by atoms with Crippen LogP contribution in [0.5, 0.6) is 0 Å². The lowest BCUT2D eigenvalue weighted by Crippen LogP contribution is -2.35. The summed E-state index contributed by atoms with van der Waals surface area (Å²) in [6.07, 6.45) is 0.657. The van der Waals surface area contributed by atoms with Crippen molar-refractivity contribution in [3.05, 3.63) is 89.5 Å². The molecule has 0 radical (unpaired) electrons. The molecule has 1 unspecified atom stereocenters. The van der Waals surface area contributed by atoms with E-state index in [1.165, 1.54) is 4.31 Å². The number of carbonyl (C=O) groups is 2. The molecule has 3 N–H and O–H groups in total. The number of benzene rings is 3. The fourth-order valence-electron chi connectivity index (χ4n) is 3.93. The van der Waals surface area contributed by atoms with Gasteiger partial charge in [0.1, 0.15) is 0 Å². The van der Waals surface area contributed by atoms with Crippen LogP contribution in [-0.4, -0.2) is 26.3 Å². The van der Waals surface area contributed by atoms with Crippen molar-refractivity contribution < 1.29 is 18.0 Å². The summed E-state index contributed by atoms with van der Waals surface area (Å²) >= 11 is 0. The Kier molecular flexibility index (Phi) is 5.71. The Hall–Kier alpha value is -3.65. The summed E-state index contributed by atoms with van der Waals surface area (Å²) in [4.78, 5) is 24.0. The van der Waals surface area contributed by atoms with Gasteiger partial charge in [-0.2, -0.15) is 0 Å². The quantitative estimate of drug-likeness (QED) is 0.602. The molecule has 1 atom stereocenters. The second-order valence-corrected chi connectivity index (χ2v) is 9.62. The van der Waals surface area contributed by atoms with Crippen LogP contribution in [0.3, 0.4) is 0 Å². The highest BCUT2D eigenvalue weighted by Crippen LogP contribution is 2.37. The molecule has 0 bridgehead atoms. The predicted octanol–water partition coefficient (Wildman–Crippen LogP) is 3.11. The van der Waals surface area contributed by atoms with Crippen molar-refractivity contribution in [2.75, 3.05) is 9.62 Å². The fraction of sp³-hybridized carbons (Fsp3) is 0.167. The molecule has 0 spiro atoms. The summed E-state index contributed by atoms with van der Waals surface area (Å²) in [6, 6.07) is 20.0. The molecule has 3 aromatic rings. The molecule has 164 valence electrons. The molecular weight excluding hydrogens is 426 g/mol. The zero-order chi connectivity index (χ0) is 22.9. The monoisotopic (exact) mass is 449 g/mol. The number of nitrogens with two attached hydrogens (primary N) is 1. The third-order valence-corrected chi connectivity index (χ3v) is 7.33. The molecule has 0 aliphatic carbocycles. The Bertz CT molecular complexity index is 1270. The van der Waals surface area contributed by atoms with Gasteiger partial charge in [0, 0.05) is 17.3 Å². The Morgan fingerprint density at radius 1 is 1.03 bits per heavy atom. The molecule has 2 amide bonds. The van der Waals surface area contributed by atoms with Crippen LogP contribution in [0, 0.1) is 0 Å². The maximum absolute atomic E-state index is 13.2. The molecule has 7 nitrogen and oxygen atoms in total. The van der Waals surface area contributed by atoms with Crippen molar-refractivity contribution in [2.24, 2.45) is 5.73 Å². The van der Waals surface area contributed by atoms with Crippen LogP contribution in [0.1, 0.15) is 28.4 Å². The van der Waals surface area contributed by atoms with Crippen molar-refractivity contribution in [3.8, 4) is 0 Å². The molecule has 32 heavy (non-hydrogen) atoms. The molecule has 8 heteroatoms. The first kappa shape index (κ1) is 21.6. The minimum atomic E-state index is -3.70. The van der Waals surface area contributed by atoms with Gasteiger partial charge in [0.2, 0.25) is 5.91 Å². The first-order chi connectivity index (χ1) is 15.3. The number of hydrogen-bond donors (Lipinski definition) is 2. The first-order valence-corrected chi connectivity index (χ1v) is 11.6. The zero-order valence-corrected chi connectivity index (χ0v) is 18.3. The van der Waals surface area contributed by atoms with Crippen molar-refractivity contribution in [3.63, 3.8) is 0 Å². The molecular formula is C24H23N3O4S. The largest absolute Gasteiger partial charge is 0.369 e. The number of fused-ring (bicyclic) bond motifs is 1. The van der Waals surface area contributed by atoms with Crippen molar-refractivity contribution in [2.45, 2.75) is 30.7 Å². The highest BCUT2D eigenvalue weighted by molar-refractivity contribution is 7.92. The van der Waals surface area contributed by atoms with E-state index in [1.54, 1.807) is 72.8 Å². The van der Waals surface area contributed by atoms with E-state index < -0.39 is 15.9 Å². The number of anilines is 2. The third kappa shape index (κ3) is 4.22. The van der Waals surface area contributed by atoms with Crippen LogP contribution in [0.25, 0.3) is 0 Å². The van der Waals surface area contributed by atoms with E-state index in [0.717, 1.165) is 11.1 Å². The van der Waals surface area contributed by atoms with E-state index in [9.17, 15) is 18.0 Å². The van der Waals surface area contributed by atoms with E-state index in [-0.39, 0.29) is 23.3 Å². The highest BCUT2D eigenvalue weighted by atomic mass is 32.2. The predicted molar refractivity (Wildman–Crippen MR) is 123 cm³/mol. The van der Waals surface area contributed by atoms with Crippen LogP contribution < -0.4 is 15.4 Å². The minimum Gasteiger partial charge on any atom is -0.369 e. The average Bonchev–Trinajstić information content (AvgIpc) is 3.11. The van der Waals surface area contributed by atoms with Crippen LogP contribution in [0.4, 0.5) is 11.4 Å². The van der Waals surface area contributed by atoms with Gasteiger partial charge >= 0.3 is 0 Å². The van der Waals surface area contributed by atoms with Gasteiger partial charge in [-0.05, 0) is 66.9 Å². The smallest absolute Gasteiger partial charge is 0.264 e. The van der Waals surface area contributed by atoms with E-state index in [4.69, 9.17) is 5.73 Å².